The summed E-state index contributed by atoms with van der Waals surface area (Å²) in [6.45, 7) is 3.76. The topological polar surface area (TPSA) is 85.2 Å². The molecule has 1 unspecified atom stereocenters. The van der Waals surface area contributed by atoms with Crippen molar-refractivity contribution >= 4 is 5.78 Å². The molecule has 2 rings (SSSR count). The van der Waals surface area contributed by atoms with Crippen molar-refractivity contribution in [2.24, 2.45) is 0 Å². The number of Topliss-reactive ketones (excluding diaryl/α,β-unsaturated/α-hetero) is 1. The highest BCUT2D eigenvalue weighted by Crippen LogP contribution is 2.30. The SMILES string of the molecule is CCCC1OC[C@H]2O[C@@H](CC(C)=O)[C@H](O)[C@@H](O)[C@@H]2O1. The van der Waals surface area contributed by atoms with Gasteiger partial charge in [-0.1, -0.05) is 13.3 Å². The molecule has 0 saturated carbocycles. The number of fused-ring (bicyclic) bond motifs is 1. The number of carbonyl (C=O) groups excluding carboxylic acids is 1. The van der Waals surface area contributed by atoms with Crippen LogP contribution in [-0.4, -0.2) is 59.4 Å². The molecule has 0 aromatic carbocycles. The summed E-state index contributed by atoms with van der Waals surface area (Å²) in [5, 5.41) is 20.1. The molecule has 0 spiro atoms. The molecule has 2 aliphatic heterocycles. The van der Waals surface area contributed by atoms with Crippen LogP contribution < -0.4 is 0 Å². The second-order valence-corrected chi connectivity index (χ2v) is 5.25. The maximum atomic E-state index is 11.1. The van der Waals surface area contributed by atoms with Crippen LogP contribution >= 0.6 is 0 Å². The molecule has 0 radical (unpaired) electrons. The van der Waals surface area contributed by atoms with Crippen LogP contribution in [0.2, 0.25) is 0 Å². The van der Waals surface area contributed by atoms with Gasteiger partial charge in [-0.25, -0.2) is 0 Å². The molecule has 19 heavy (non-hydrogen) atoms. The molecule has 6 nitrogen and oxygen atoms in total. The average Bonchev–Trinajstić information content (AvgIpc) is 2.36. The Labute approximate surface area is 112 Å². The van der Waals surface area contributed by atoms with E-state index in [1.54, 1.807) is 0 Å². The number of aliphatic hydroxyl groups is 2. The molecule has 0 amide bonds. The van der Waals surface area contributed by atoms with E-state index in [2.05, 4.69) is 0 Å². The average molecular weight is 274 g/mol. The zero-order valence-electron chi connectivity index (χ0n) is 11.3. The fourth-order valence-electron chi connectivity index (χ4n) is 2.57. The summed E-state index contributed by atoms with van der Waals surface area (Å²) < 4.78 is 16.8. The predicted molar refractivity (Wildman–Crippen MR) is 65.5 cm³/mol. The lowest BCUT2D eigenvalue weighted by atomic mass is 9.92. The van der Waals surface area contributed by atoms with Crippen LogP contribution in [0.5, 0.6) is 0 Å². The fourth-order valence-corrected chi connectivity index (χ4v) is 2.57. The highest BCUT2D eigenvalue weighted by atomic mass is 16.7. The van der Waals surface area contributed by atoms with Crippen molar-refractivity contribution in [1.29, 1.82) is 0 Å². The number of aliphatic hydroxyl groups excluding tert-OH is 2. The molecule has 6 heteroatoms. The number of rotatable bonds is 4. The van der Waals surface area contributed by atoms with Crippen molar-refractivity contribution in [2.75, 3.05) is 6.61 Å². The third-order valence-corrected chi connectivity index (χ3v) is 3.55. The molecule has 2 fully saturated rings. The van der Waals surface area contributed by atoms with Gasteiger partial charge in [0.2, 0.25) is 0 Å². The highest BCUT2D eigenvalue weighted by molar-refractivity contribution is 5.76. The zero-order chi connectivity index (χ0) is 14.0. The Morgan fingerprint density at radius 1 is 1.26 bits per heavy atom. The van der Waals surface area contributed by atoms with E-state index in [0.29, 0.717) is 6.61 Å². The Hall–Kier alpha value is -0.530. The van der Waals surface area contributed by atoms with Crippen molar-refractivity contribution in [1.82, 2.24) is 0 Å². The van der Waals surface area contributed by atoms with E-state index >= 15 is 0 Å². The summed E-state index contributed by atoms with van der Waals surface area (Å²) in [7, 11) is 0. The molecular formula is C13H22O6. The van der Waals surface area contributed by atoms with Crippen LogP contribution in [0.3, 0.4) is 0 Å². The van der Waals surface area contributed by atoms with Crippen LogP contribution in [0.25, 0.3) is 0 Å². The molecule has 2 saturated heterocycles. The summed E-state index contributed by atoms with van der Waals surface area (Å²) in [5.74, 6) is -0.0868. The van der Waals surface area contributed by atoms with Gasteiger partial charge in [0.1, 0.15) is 30.2 Å². The minimum atomic E-state index is -1.11. The molecule has 0 bridgehead atoms. The molecule has 0 aromatic heterocycles. The first-order valence-corrected chi connectivity index (χ1v) is 6.81. The highest BCUT2D eigenvalue weighted by Gasteiger charge is 2.48. The van der Waals surface area contributed by atoms with Crippen LogP contribution in [-0.2, 0) is 19.0 Å². The van der Waals surface area contributed by atoms with E-state index in [9.17, 15) is 15.0 Å². The predicted octanol–water partition coefficient (Wildman–Crippen LogP) is -0.00370. The largest absolute Gasteiger partial charge is 0.388 e. The first kappa shape index (κ1) is 14.9. The van der Waals surface area contributed by atoms with Crippen molar-refractivity contribution in [3.8, 4) is 0 Å². The minimum Gasteiger partial charge on any atom is -0.388 e. The quantitative estimate of drug-likeness (QED) is 0.750. The summed E-state index contributed by atoms with van der Waals surface area (Å²) in [5.41, 5.74) is 0. The number of carbonyl (C=O) groups is 1. The van der Waals surface area contributed by atoms with E-state index in [1.165, 1.54) is 6.92 Å². The Kier molecular flexibility index (Phi) is 4.92. The van der Waals surface area contributed by atoms with E-state index in [4.69, 9.17) is 14.2 Å². The molecule has 2 aliphatic rings. The second kappa shape index (κ2) is 6.28. The lowest BCUT2D eigenvalue weighted by Crippen LogP contribution is -2.62. The van der Waals surface area contributed by atoms with Gasteiger partial charge < -0.3 is 24.4 Å². The van der Waals surface area contributed by atoms with Gasteiger partial charge in [0.25, 0.3) is 0 Å². The molecule has 110 valence electrons. The van der Waals surface area contributed by atoms with E-state index in [-0.39, 0.29) is 18.5 Å². The fraction of sp³-hybridized carbons (Fsp3) is 0.923. The molecule has 0 aliphatic carbocycles. The molecule has 2 N–H and O–H groups in total. The lowest BCUT2D eigenvalue weighted by Gasteiger charge is -2.46. The Morgan fingerprint density at radius 2 is 2.00 bits per heavy atom. The second-order valence-electron chi connectivity index (χ2n) is 5.25. The maximum absolute atomic E-state index is 11.1. The number of hydrogen-bond acceptors (Lipinski definition) is 6. The van der Waals surface area contributed by atoms with Gasteiger partial charge >= 0.3 is 0 Å². The smallest absolute Gasteiger partial charge is 0.158 e. The van der Waals surface area contributed by atoms with E-state index < -0.39 is 30.5 Å². The van der Waals surface area contributed by atoms with Crippen molar-refractivity contribution in [3.63, 3.8) is 0 Å². The summed E-state index contributed by atoms with van der Waals surface area (Å²) in [4.78, 5) is 11.1. The van der Waals surface area contributed by atoms with Gasteiger partial charge in [0, 0.05) is 6.42 Å². The molecular weight excluding hydrogens is 252 g/mol. The molecule has 0 aromatic rings. The van der Waals surface area contributed by atoms with Gasteiger partial charge in [-0.05, 0) is 13.3 Å². The monoisotopic (exact) mass is 274 g/mol. The lowest BCUT2D eigenvalue weighted by molar-refractivity contribution is -0.325. The number of ether oxygens (including phenoxy) is 3. The van der Waals surface area contributed by atoms with Gasteiger partial charge in [-0.15, -0.1) is 0 Å². The Morgan fingerprint density at radius 3 is 2.63 bits per heavy atom. The van der Waals surface area contributed by atoms with E-state index in [1.807, 2.05) is 6.92 Å². The molecule has 6 atom stereocenters. The van der Waals surface area contributed by atoms with E-state index in [0.717, 1.165) is 12.8 Å². The Bertz CT molecular complexity index is 318. The third kappa shape index (κ3) is 3.32. The number of hydrogen-bond donors (Lipinski definition) is 2. The minimum absolute atomic E-state index is 0.0832. The maximum Gasteiger partial charge on any atom is 0.158 e. The standard InChI is InChI=1S/C13H22O6/c1-3-4-10-17-6-9-13(19-10)12(16)11(15)8(18-9)5-7(2)14/h8-13,15-16H,3-6H2,1-2H3/t8-,9+,10?,11-,12+,13+/m0/s1. The number of ketones is 1. The summed E-state index contributed by atoms with van der Waals surface area (Å²) in [6, 6.07) is 0. The van der Waals surface area contributed by atoms with Crippen molar-refractivity contribution in [3.05, 3.63) is 0 Å². The third-order valence-electron chi connectivity index (χ3n) is 3.55. The van der Waals surface area contributed by atoms with Crippen molar-refractivity contribution in [2.45, 2.75) is 69.9 Å². The Balaban J connectivity index is 2.00. The van der Waals surface area contributed by atoms with Crippen LogP contribution in [0.15, 0.2) is 0 Å². The zero-order valence-corrected chi connectivity index (χ0v) is 11.3. The molecule has 2 heterocycles. The normalized spacial score (nSPS) is 42.7. The van der Waals surface area contributed by atoms with Crippen LogP contribution in [0.4, 0.5) is 0 Å². The summed E-state index contributed by atoms with van der Waals surface area (Å²) in [6.07, 6.45) is -2.50. The first-order valence-electron chi connectivity index (χ1n) is 6.81. The van der Waals surface area contributed by atoms with Gasteiger partial charge in [0.05, 0.1) is 12.7 Å². The van der Waals surface area contributed by atoms with Crippen LogP contribution in [0, 0.1) is 0 Å². The van der Waals surface area contributed by atoms with Crippen LogP contribution in [0.1, 0.15) is 33.1 Å². The van der Waals surface area contributed by atoms with Gasteiger partial charge in [-0.2, -0.15) is 0 Å². The first-order chi connectivity index (χ1) is 9.02. The van der Waals surface area contributed by atoms with Gasteiger partial charge in [-0.3, -0.25) is 4.79 Å². The summed E-state index contributed by atoms with van der Waals surface area (Å²) >= 11 is 0. The van der Waals surface area contributed by atoms with Crippen molar-refractivity contribution < 1.29 is 29.2 Å². The van der Waals surface area contributed by atoms with Gasteiger partial charge in [0.15, 0.2) is 6.29 Å².